The summed E-state index contributed by atoms with van der Waals surface area (Å²) in [5.74, 6) is -0.736. The molecule has 2 rings (SSSR count). The van der Waals surface area contributed by atoms with Gasteiger partial charge in [-0.15, -0.1) is 0 Å². The molecule has 9 heteroatoms. The quantitative estimate of drug-likeness (QED) is 0.425. The van der Waals surface area contributed by atoms with Gasteiger partial charge in [-0.2, -0.15) is 0 Å². The Balaban J connectivity index is 2.45. The van der Waals surface area contributed by atoms with E-state index in [0.29, 0.717) is 0 Å². The molecule has 0 aromatic heterocycles. The minimum atomic E-state index is -4.08. The Hall–Kier alpha value is -2.94. The second-order valence-electron chi connectivity index (χ2n) is 6.68. The second kappa shape index (κ2) is 7.75. The third-order valence-corrected chi connectivity index (χ3v) is 5.16. The van der Waals surface area contributed by atoms with Crippen LogP contribution in [-0.4, -0.2) is 31.5 Å². The van der Waals surface area contributed by atoms with Crippen molar-refractivity contribution in [2.75, 3.05) is 10.8 Å². The fourth-order valence-electron chi connectivity index (χ4n) is 2.27. The number of non-ortho nitro benzene ring substituents is 1. The first kappa shape index (κ1) is 20.4. The first-order chi connectivity index (χ1) is 12.5. The fraction of sp³-hybridized carbons (Fsp3) is 0.278. The van der Waals surface area contributed by atoms with Crippen molar-refractivity contribution in [1.29, 1.82) is 0 Å². The van der Waals surface area contributed by atoms with Crippen LogP contribution in [0, 0.1) is 10.1 Å². The maximum Gasteiger partial charge on any atom is 0.327 e. The summed E-state index contributed by atoms with van der Waals surface area (Å²) in [5.41, 5.74) is -0.849. The molecule has 2 aromatic carbocycles. The predicted molar refractivity (Wildman–Crippen MR) is 99.9 cm³/mol. The standard InChI is InChI=1S/C18H20N2O6S/c1-18(2,3)26-17(21)13-19(14-9-11-15(12-10-14)20(22)23)27(24,25)16-7-5-4-6-8-16/h4-12H,13H2,1-3H3. The maximum atomic E-state index is 13.0. The number of ether oxygens (including phenoxy) is 1. The van der Waals surface area contributed by atoms with Gasteiger partial charge in [0.1, 0.15) is 12.1 Å². The summed E-state index contributed by atoms with van der Waals surface area (Å²) in [6.45, 7) is 4.46. The number of esters is 1. The highest BCUT2D eigenvalue weighted by Gasteiger charge is 2.29. The summed E-state index contributed by atoms with van der Waals surface area (Å²) >= 11 is 0. The van der Waals surface area contributed by atoms with Crippen molar-refractivity contribution in [3.63, 3.8) is 0 Å². The molecule has 0 bridgehead atoms. The average molecular weight is 392 g/mol. The van der Waals surface area contributed by atoms with Gasteiger partial charge in [-0.05, 0) is 45.0 Å². The van der Waals surface area contributed by atoms with Gasteiger partial charge in [-0.1, -0.05) is 18.2 Å². The van der Waals surface area contributed by atoms with Crippen LogP contribution in [0.15, 0.2) is 59.5 Å². The molecule has 0 heterocycles. The number of sulfonamides is 1. The smallest absolute Gasteiger partial charge is 0.327 e. The van der Waals surface area contributed by atoms with Crippen LogP contribution < -0.4 is 4.31 Å². The van der Waals surface area contributed by atoms with Crippen LogP contribution in [0.5, 0.6) is 0 Å². The van der Waals surface area contributed by atoms with E-state index in [9.17, 15) is 23.3 Å². The Kier molecular flexibility index (Phi) is 5.85. The number of nitrogens with zero attached hydrogens (tertiary/aromatic N) is 2. The van der Waals surface area contributed by atoms with Gasteiger partial charge in [0.05, 0.1) is 15.5 Å². The second-order valence-corrected chi connectivity index (χ2v) is 8.55. The lowest BCUT2D eigenvalue weighted by Crippen LogP contribution is -2.38. The van der Waals surface area contributed by atoms with Gasteiger partial charge in [0.15, 0.2) is 0 Å². The maximum absolute atomic E-state index is 13.0. The number of nitro benzene ring substituents is 1. The van der Waals surface area contributed by atoms with Gasteiger partial charge in [0.25, 0.3) is 15.7 Å². The molecule has 0 amide bonds. The van der Waals surface area contributed by atoms with Crippen LogP contribution in [0.3, 0.4) is 0 Å². The topological polar surface area (TPSA) is 107 Å². The highest BCUT2D eigenvalue weighted by atomic mass is 32.2. The minimum Gasteiger partial charge on any atom is -0.459 e. The molecular formula is C18H20N2O6S. The molecule has 0 saturated carbocycles. The molecule has 0 unspecified atom stereocenters. The van der Waals surface area contributed by atoms with Crippen molar-refractivity contribution in [1.82, 2.24) is 0 Å². The molecule has 0 aliphatic rings. The first-order valence-corrected chi connectivity index (χ1v) is 9.49. The molecule has 0 saturated heterocycles. The van der Waals surface area contributed by atoms with E-state index in [4.69, 9.17) is 4.74 Å². The normalized spacial score (nSPS) is 11.7. The molecule has 0 aliphatic heterocycles. The lowest BCUT2D eigenvalue weighted by Gasteiger charge is -2.26. The van der Waals surface area contributed by atoms with Gasteiger partial charge < -0.3 is 4.74 Å². The number of hydrogen-bond acceptors (Lipinski definition) is 6. The number of nitro groups is 1. The van der Waals surface area contributed by atoms with Crippen molar-refractivity contribution in [3.8, 4) is 0 Å². The SMILES string of the molecule is CC(C)(C)OC(=O)CN(c1ccc([N+](=O)[O-])cc1)S(=O)(=O)c1ccccc1. The van der Waals surface area contributed by atoms with Crippen molar-refractivity contribution in [3.05, 3.63) is 64.7 Å². The Bertz CT molecular complexity index is 919. The lowest BCUT2D eigenvalue weighted by atomic mass is 10.2. The van der Waals surface area contributed by atoms with Crippen LogP contribution in [-0.2, 0) is 19.6 Å². The van der Waals surface area contributed by atoms with Crippen LogP contribution in [0.2, 0.25) is 0 Å². The zero-order valence-electron chi connectivity index (χ0n) is 15.2. The molecule has 0 aliphatic carbocycles. The lowest BCUT2D eigenvalue weighted by molar-refractivity contribution is -0.384. The monoisotopic (exact) mass is 392 g/mol. The minimum absolute atomic E-state index is 0.00749. The Labute approximate surface area is 157 Å². The Morgan fingerprint density at radius 1 is 1.07 bits per heavy atom. The van der Waals surface area contributed by atoms with Gasteiger partial charge in [0, 0.05) is 12.1 Å². The van der Waals surface area contributed by atoms with Gasteiger partial charge in [-0.3, -0.25) is 19.2 Å². The van der Waals surface area contributed by atoms with Crippen molar-refractivity contribution in [2.24, 2.45) is 0 Å². The van der Waals surface area contributed by atoms with Crippen LogP contribution in [0.4, 0.5) is 11.4 Å². The summed E-state index contributed by atoms with van der Waals surface area (Å²) in [4.78, 5) is 22.5. The number of carbonyl (C=O) groups excluding carboxylic acids is 1. The predicted octanol–water partition coefficient (Wildman–Crippen LogP) is 3.13. The third-order valence-electron chi connectivity index (χ3n) is 3.37. The molecule has 0 atom stereocenters. The van der Waals surface area contributed by atoms with Crippen LogP contribution in [0.1, 0.15) is 20.8 Å². The number of benzene rings is 2. The fourth-order valence-corrected chi connectivity index (χ4v) is 3.70. The van der Waals surface area contributed by atoms with E-state index in [1.165, 1.54) is 36.4 Å². The molecule has 2 aromatic rings. The summed E-state index contributed by atoms with van der Waals surface area (Å²) in [6, 6.07) is 12.5. The van der Waals surface area contributed by atoms with Crippen molar-refractivity contribution < 1.29 is 22.9 Å². The Morgan fingerprint density at radius 2 is 1.63 bits per heavy atom. The largest absolute Gasteiger partial charge is 0.459 e. The zero-order chi connectivity index (χ0) is 20.2. The number of hydrogen-bond donors (Lipinski definition) is 0. The number of carbonyl (C=O) groups is 1. The van der Waals surface area contributed by atoms with E-state index in [-0.39, 0.29) is 16.3 Å². The van der Waals surface area contributed by atoms with E-state index in [1.54, 1.807) is 39.0 Å². The molecule has 27 heavy (non-hydrogen) atoms. The zero-order valence-corrected chi connectivity index (χ0v) is 16.0. The van der Waals surface area contributed by atoms with Gasteiger partial charge in [-0.25, -0.2) is 8.42 Å². The van der Waals surface area contributed by atoms with Crippen LogP contribution >= 0.6 is 0 Å². The van der Waals surface area contributed by atoms with E-state index < -0.39 is 33.1 Å². The van der Waals surface area contributed by atoms with E-state index in [1.807, 2.05) is 0 Å². The highest BCUT2D eigenvalue weighted by molar-refractivity contribution is 7.92. The summed E-state index contributed by atoms with van der Waals surface area (Å²) in [5, 5.41) is 10.8. The molecule has 0 radical (unpaired) electrons. The van der Waals surface area contributed by atoms with Gasteiger partial charge in [0.2, 0.25) is 0 Å². The Morgan fingerprint density at radius 3 is 2.11 bits per heavy atom. The van der Waals surface area contributed by atoms with E-state index in [2.05, 4.69) is 0 Å². The first-order valence-electron chi connectivity index (χ1n) is 8.05. The summed E-state index contributed by atoms with van der Waals surface area (Å²) in [7, 11) is -4.08. The highest BCUT2D eigenvalue weighted by Crippen LogP contribution is 2.26. The van der Waals surface area contributed by atoms with Gasteiger partial charge >= 0.3 is 5.97 Å². The molecule has 0 fully saturated rings. The average Bonchev–Trinajstić information content (AvgIpc) is 2.59. The molecule has 144 valence electrons. The van der Waals surface area contributed by atoms with E-state index >= 15 is 0 Å². The van der Waals surface area contributed by atoms with Crippen molar-refractivity contribution in [2.45, 2.75) is 31.3 Å². The summed E-state index contributed by atoms with van der Waals surface area (Å²) in [6.07, 6.45) is 0. The molecular weight excluding hydrogens is 372 g/mol. The molecule has 0 spiro atoms. The van der Waals surface area contributed by atoms with E-state index in [0.717, 1.165) is 4.31 Å². The third kappa shape index (κ3) is 5.27. The van der Waals surface area contributed by atoms with Crippen LogP contribution in [0.25, 0.3) is 0 Å². The molecule has 0 N–H and O–H groups in total. The number of rotatable bonds is 6. The molecule has 8 nitrogen and oxygen atoms in total. The number of anilines is 1. The summed E-state index contributed by atoms with van der Waals surface area (Å²) < 4.78 is 32.2. The van der Waals surface area contributed by atoms with Crippen molar-refractivity contribution >= 4 is 27.4 Å².